The largest absolute Gasteiger partial charge is 0.416 e. The molecule has 0 spiro atoms. The number of nitrogens with zero attached hydrogens (tertiary/aromatic N) is 2. The van der Waals surface area contributed by atoms with Crippen molar-refractivity contribution in [2.45, 2.75) is 12.2 Å². The van der Waals surface area contributed by atoms with Crippen molar-refractivity contribution in [2.24, 2.45) is 5.73 Å². The van der Waals surface area contributed by atoms with E-state index in [4.69, 9.17) is 5.73 Å². The number of halogens is 3. The second-order valence-electron chi connectivity index (χ2n) is 4.93. The molecule has 0 aliphatic heterocycles. The topological polar surface area (TPSA) is 42.1 Å². The van der Waals surface area contributed by atoms with Crippen LogP contribution in [-0.2, 0) is 6.18 Å². The Morgan fingerprint density at radius 3 is 2.52 bits per heavy atom. The van der Waals surface area contributed by atoms with Crippen LogP contribution in [0.1, 0.15) is 22.7 Å². The third kappa shape index (κ3) is 3.33. The van der Waals surface area contributed by atoms with Crippen LogP contribution in [0.3, 0.4) is 0 Å². The van der Waals surface area contributed by atoms with E-state index in [2.05, 4.69) is 4.98 Å². The lowest BCUT2D eigenvalue weighted by Crippen LogP contribution is -2.19. The predicted molar refractivity (Wildman–Crippen MR) is 76.0 cm³/mol. The summed E-state index contributed by atoms with van der Waals surface area (Å²) in [6.45, 7) is 0. The molecule has 2 rings (SSSR count). The molecule has 6 heteroatoms. The second kappa shape index (κ2) is 5.73. The van der Waals surface area contributed by atoms with Gasteiger partial charge in [-0.05, 0) is 23.8 Å². The Morgan fingerprint density at radius 1 is 1.19 bits per heavy atom. The molecule has 1 aromatic carbocycles. The summed E-state index contributed by atoms with van der Waals surface area (Å²) in [5, 5.41) is 0. The number of rotatable bonds is 3. The molecule has 1 atom stereocenters. The summed E-state index contributed by atoms with van der Waals surface area (Å²) in [4.78, 5) is 5.64. The van der Waals surface area contributed by atoms with Gasteiger partial charge in [0, 0.05) is 37.7 Å². The number of anilines is 1. The summed E-state index contributed by atoms with van der Waals surface area (Å²) in [6, 6.07) is 7.20. The zero-order chi connectivity index (χ0) is 15.6. The van der Waals surface area contributed by atoms with Crippen LogP contribution in [0, 0.1) is 0 Å². The van der Waals surface area contributed by atoms with Crippen LogP contribution < -0.4 is 10.6 Å². The fraction of sp³-hybridized carbons (Fsp3) is 0.267. The minimum absolute atomic E-state index is 0.0269. The highest BCUT2D eigenvalue weighted by Gasteiger charge is 2.34. The van der Waals surface area contributed by atoms with Crippen LogP contribution >= 0.6 is 0 Å². The number of nitrogens with two attached hydrogens (primary N) is 1. The van der Waals surface area contributed by atoms with Gasteiger partial charge in [-0.3, -0.25) is 4.98 Å². The summed E-state index contributed by atoms with van der Waals surface area (Å²) in [6.07, 6.45) is -2.15. The summed E-state index contributed by atoms with van der Waals surface area (Å²) < 4.78 is 39.1. The Labute approximate surface area is 121 Å². The van der Waals surface area contributed by atoms with Crippen molar-refractivity contribution in [2.75, 3.05) is 19.0 Å². The number of aromatic nitrogens is 1. The van der Waals surface area contributed by atoms with Gasteiger partial charge in [0.15, 0.2) is 0 Å². The molecule has 2 N–H and O–H groups in total. The van der Waals surface area contributed by atoms with Gasteiger partial charge in [0.1, 0.15) is 0 Å². The van der Waals surface area contributed by atoms with Gasteiger partial charge < -0.3 is 10.6 Å². The van der Waals surface area contributed by atoms with Gasteiger partial charge in [0.2, 0.25) is 0 Å². The molecule has 0 bridgehead atoms. The molecule has 112 valence electrons. The van der Waals surface area contributed by atoms with Crippen LogP contribution in [0.5, 0.6) is 0 Å². The number of hydrogen-bond acceptors (Lipinski definition) is 3. The number of hydrogen-bond donors (Lipinski definition) is 1. The first kappa shape index (κ1) is 15.3. The number of benzene rings is 1. The van der Waals surface area contributed by atoms with Crippen LogP contribution in [0.2, 0.25) is 0 Å². The molecule has 1 unspecified atom stereocenters. The molecule has 0 saturated carbocycles. The molecular weight excluding hydrogens is 279 g/mol. The molecule has 1 heterocycles. The van der Waals surface area contributed by atoms with Crippen molar-refractivity contribution in [3.63, 3.8) is 0 Å². The van der Waals surface area contributed by atoms with E-state index >= 15 is 0 Å². The first-order chi connectivity index (χ1) is 9.80. The third-order valence-electron chi connectivity index (χ3n) is 3.24. The van der Waals surface area contributed by atoms with E-state index < -0.39 is 17.8 Å². The van der Waals surface area contributed by atoms with E-state index in [1.54, 1.807) is 18.2 Å². The minimum atomic E-state index is -4.45. The van der Waals surface area contributed by atoms with Crippen molar-refractivity contribution in [3.05, 3.63) is 59.4 Å². The van der Waals surface area contributed by atoms with Gasteiger partial charge in [-0.25, -0.2) is 0 Å². The van der Waals surface area contributed by atoms with Gasteiger partial charge in [0.25, 0.3) is 0 Å². The highest BCUT2D eigenvalue weighted by atomic mass is 19.4. The van der Waals surface area contributed by atoms with Crippen molar-refractivity contribution in [3.8, 4) is 0 Å². The van der Waals surface area contributed by atoms with Gasteiger partial charge in [-0.1, -0.05) is 12.1 Å². The molecule has 0 aliphatic carbocycles. The van der Waals surface area contributed by atoms with E-state index in [1.165, 1.54) is 6.20 Å². The fourth-order valence-corrected chi connectivity index (χ4v) is 2.09. The van der Waals surface area contributed by atoms with Gasteiger partial charge in [-0.2, -0.15) is 13.2 Å². The highest BCUT2D eigenvalue weighted by Crippen LogP contribution is 2.35. The Bertz CT molecular complexity index is 624. The summed E-state index contributed by atoms with van der Waals surface area (Å²) in [7, 11) is 3.71. The fourth-order valence-electron chi connectivity index (χ4n) is 2.09. The zero-order valence-electron chi connectivity index (χ0n) is 11.7. The molecule has 0 aliphatic rings. The molecular formula is C15H16F3N3. The normalized spacial score (nSPS) is 13.0. The lowest BCUT2D eigenvalue weighted by molar-refractivity contribution is -0.138. The quantitative estimate of drug-likeness (QED) is 0.945. The maximum absolute atomic E-state index is 13.0. The number of alkyl halides is 3. The first-order valence-electron chi connectivity index (χ1n) is 6.34. The lowest BCUT2D eigenvalue weighted by Gasteiger charge is -2.20. The van der Waals surface area contributed by atoms with Crippen LogP contribution in [0.15, 0.2) is 42.7 Å². The zero-order valence-corrected chi connectivity index (χ0v) is 11.7. The monoisotopic (exact) mass is 295 g/mol. The van der Waals surface area contributed by atoms with Crippen molar-refractivity contribution in [1.82, 2.24) is 4.98 Å². The van der Waals surface area contributed by atoms with Crippen molar-refractivity contribution < 1.29 is 13.2 Å². The average Bonchev–Trinajstić information content (AvgIpc) is 2.45. The SMILES string of the molecule is CN(C)c1cccc(C(N)c2cnccc2C(F)(F)F)c1. The summed E-state index contributed by atoms with van der Waals surface area (Å²) in [5.74, 6) is 0. The Balaban J connectivity index is 2.46. The third-order valence-corrected chi connectivity index (χ3v) is 3.24. The molecule has 21 heavy (non-hydrogen) atoms. The maximum atomic E-state index is 13.0. The van der Waals surface area contributed by atoms with E-state index in [0.29, 0.717) is 5.56 Å². The van der Waals surface area contributed by atoms with Gasteiger partial charge in [0.05, 0.1) is 11.6 Å². The van der Waals surface area contributed by atoms with E-state index in [9.17, 15) is 13.2 Å². The predicted octanol–water partition coefficient (Wildman–Crippen LogP) is 3.21. The average molecular weight is 295 g/mol. The molecule has 0 amide bonds. The second-order valence-corrected chi connectivity index (χ2v) is 4.93. The standard InChI is InChI=1S/C15H16F3N3/c1-21(2)11-5-3-4-10(8-11)14(19)12-9-20-7-6-13(12)15(16,17)18/h3-9,14H,19H2,1-2H3. The Hall–Kier alpha value is -2.08. The van der Waals surface area contributed by atoms with E-state index in [0.717, 1.165) is 18.0 Å². The van der Waals surface area contributed by atoms with Crippen molar-refractivity contribution >= 4 is 5.69 Å². The molecule has 1 aromatic heterocycles. The Kier molecular flexibility index (Phi) is 4.18. The molecule has 0 saturated heterocycles. The maximum Gasteiger partial charge on any atom is 0.416 e. The van der Waals surface area contributed by atoms with Crippen LogP contribution in [0.25, 0.3) is 0 Å². The number of pyridine rings is 1. The molecule has 3 nitrogen and oxygen atoms in total. The minimum Gasteiger partial charge on any atom is -0.378 e. The van der Waals surface area contributed by atoms with Gasteiger partial charge in [-0.15, -0.1) is 0 Å². The molecule has 0 radical (unpaired) electrons. The van der Waals surface area contributed by atoms with Crippen LogP contribution in [-0.4, -0.2) is 19.1 Å². The van der Waals surface area contributed by atoms with Gasteiger partial charge >= 0.3 is 6.18 Å². The highest BCUT2D eigenvalue weighted by molar-refractivity contribution is 5.49. The van der Waals surface area contributed by atoms with Crippen molar-refractivity contribution in [1.29, 1.82) is 0 Å². The molecule has 0 fully saturated rings. The Morgan fingerprint density at radius 2 is 1.90 bits per heavy atom. The summed E-state index contributed by atoms with van der Waals surface area (Å²) >= 11 is 0. The van der Waals surface area contributed by atoms with E-state index in [1.807, 2.05) is 25.1 Å². The molecule has 2 aromatic rings. The van der Waals surface area contributed by atoms with E-state index in [-0.39, 0.29) is 5.56 Å². The smallest absolute Gasteiger partial charge is 0.378 e. The van der Waals surface area contributed by atoms with Crippen LogP contribution in [0.4, 0.5) is 18.9 Å². The summed E-state index contributed by atoms with van der Waals surface area (Å²) in [5.41, 5.74) is 6.73. The first-order valence-corrected chi connectivity index (χ1v) is 6.34. The lowest BCUT2D eigenvalue weighted by atomic mass is 9.96.